The molecule has 4 nitrogen and oxygen atoms in total. The van der Waals surface area contributed by atoms with E-state index in [9.17, 15) is 10.1 Å². The van der Waals surface area contributed by atoms with E-state index in [0.29, 0.717) is 25.3 Å². The summed E-state index contributed by atoms with van der Waals surface area (Å²) in [6.07, 6.45) is 0. The molecule has 4 heteroatoms. The molecular weight excluding hydrogens is 348 g/mol. The Morgan fingerprint density at radius 1 is 1.04 bits per heavy atom. The summed E-state index contributed by atoms with van der Waals surface area (Å²) in [6, 6.07) is 20.1. The number of pyridine rings is 1. The predicted octanol–water partition coefficient (Wildman–Crippen LogP) is 4.59. The maximum Gasteiger partial charge on any atom is 0.269 e. The Morgan fingerprint density at radius 3 is 2.50 bits per heavy atom. The van der Waals surface area contributed by atoms with Gasteiger partial charge in [-0.05, 0) is 55.2 Å². The lowest BCUT2D eigenvalue weighted by Gasteiger charge is -2.16. The van der Waals surface area contributed by atoms with Gasteiger partial charge in [-0.3, -0.25) is 4.79 Å². The molecule has 0 fully saturated rings. The molecule has 142 valence electrons. The number of rotatable bonds is 6. The summed E-state index contributed by atoms with van der Waals surface area (Å²) in [7, 11) is 0. The highest BCUT2D eigenvalue weighted by atomic mass is 16.5. The van der Waals surface area contributed by atoms with E-state index < -0.39 is 0 Å². The van der Waals surface area contributed by atoms with Crippen LogP contribution in [0.25, 0.3) is 11.3 Å². The van der Waals surface area contributed by atoms with Gasteiger partial charge < -0.3 is 9.30 Å². The Balaban J connectivity index is 2.11. The molecule has 3 rings (SSSR count). The normalized spacial score (nSPS) is 10.6. The average molecular weight is 372 g/mol. The summed E-state index contributed by atoms with van der Waals surface area (Å²) in [4.78, 5) is 13.1. The Labute approximate surface area is 165 Å². The van der Waals surface area contributed by atoms with Crippen LogP contribution in [0.2, 0.25) is 0 Å². The second-order valence-electron chi connectivity index (χ2n) is 6.92. The quantitative estimate of drug-likeness (QED) is 0.636. The van der Waals surface area contributed by atoms with Gasteiger partial charge in [0, 0.05) is 6.61 Å². The van der Waals surface area contributed by atoms with Gasteiger partial charge in [0.1, 0.15) is 11.6 Å². The highest BCUT2D eigenvalue weighted by molar-refractivity contribution is 5.63. The van der Waals surface area contributed by atoms with Crippen molar-refractivity contribution in [3.8, 4) is 17.3 Å². The van der Waals surface area contributed by atoms with Gasteiger partial charge in [0.15, 0.2) is 0 Å². The van der Waals surface area contributed by atoms with Crippen LogP contribution in [0.4, 0.5) is 0 Å². The number of ether oxygens (including phenoxy) is 1. The molecule has 0 amide bonds. The monoisotopic (exact) mass is 372 g/mol. The van der Waals surface area contributed by atoms with Crippen molar-refractivity contribution < 1.29 is 4.74 Å². The third-order valence-electron chi connectivity index (χ3n) is 4.73. The van der Waals surface area contributed by atoms with E-state index in [4.69, 9.17) is 4.74 Å². The van der Waals surface area contributed by atoms with E-state index in [0.717, 1.165) is 27.9 Å². The Morgan fingerprint density at radius 2 is 1.79 bits per heavy atom. The van der Waals surface area contributed by atoms with Crippen molar-refractivity contribution in [3.63, 3.8) is 0 Å². The standard InChI is InChI=1S/C24H24N2O2/c1-4-28-16-20-9-6-8-19(13-20)15-26-23(21-10-5-7-17(2)11-21)12-18(3)22(14-25)24(26)27/h5-13H,4,15-16H2,1-3H3. The van der Waals surface area contributed by atoms with E-state index in [-0.39, 0.29) is 11.1 Å². The summed E-state index contributed by atoms with van der Waals surface area (Å²) in [5, 5.41) is 9.46. The first kappa shape index (κ1) is 19.6. The SMILES string of the molecule is CCOCc1cccc(Cn2c(-c3cccc(C)c3)cc(C)c(C#N)c2=O)c1. The van der Waals surface area contributed by atoms with Crippen LogP contribution in [0.1, 0.15) is 34.7 Å². The third kappa shape index (κ3) is 4.21. The number of benzene rings is 2. The zero-order chi connectivity index (χ0) is 20.1. The maximum atomic E-state index is 13.1. The predicted molar refractivity (Wildman–Crippen MR) is 111 cm³/mol. The molecule has 0 saturated carbocycles. The average Bonchev–Trinajstić information content (AvgIpc) is 2.69. The van der Waals surface area contributed by atoms with Gasteiger partial charge in [0.25, 0.3) is 5.56 Å². The molecular formula is C24H24N2O2. The largest absolute Gasteiger partial charge is 0.377 e. The molecule has 0 aliphatic carbocycles. The van der Waals surface area contributed by atoms with Gasteiger partial charge in [0.2, 0.25) is 0 Å². The lowest BCUT2D eigenvalue weighted by Crippen LogP contribution is -2.26. The first-order valence-corrected chi connectivity index (χ1v) is 9.40. The van der Waals surface area contributed by atoms with Crippen LogP contribution in [0.3, 0.4) is 0 Å². The first-order chi connectivity index (χ1) is 13.5. The highest BCUT2D eigenvalue weighted by Gasteiger charge is 2.14. The topological polar surface area (TPSA) is 55.0 Å². The minimum absolute atomic E-state index is 0.196. The number of hydrogen-bond donors (Lipinski definition) is 0. The minimum atomic E-state index is -0.255. The molecule has 1 aromatic heterocycles. The molecule has 0 unspecified atom stereocenters. The maximum absolute atomic E-state index is 13.1. The van der Waals surface area contributed by atoms with Crippen LogP contribution in [-0.4, -0.2) is 11.2 Å². The van der Waals surface area contributed by atoms with Gasteiger partial charge in [-0.1, -0.05) is 48.0 Å². The molecule has 28 heavy (non-hydrogen) atoms. The van der Waals surface area contributed by atoms with E-state index in [2.05, 4.69) is 12.1 Å². The van der Waals surface area contributed by atoms with Gasteiger partial charge in [-0.2, -0.15) is 5.26 Å². The smallest absolute Gasteiger partial charge is 0.269 e. The van der Waals surface area contributed by atoms with E-state index in [1.807, 2.05) is 69.3 Å². The third-order valence-corrected chi connectivity index (χ3v) is 4.73. The molecule has 0 saturated heterocycles. The minimum Gasteiger partial charge on any atom is -0.377 e. The zero-order valence-corrected chi connectivity index (χ0v) is 16.5. The van der Waals surface area contributed by atoms with Crippen LogP contribution < -0.4 is 5.56 Å². The molecule has 2 aromatic carbocycles. The fourth-order valence-electron chi connectivity index (χ4n) is 3.33. The number of nitrogens with zero attached hydrogens (tertiary/aromatic N) is 2. The van der Waals surface area contributed by atoms with E-state index in [1.165, 1.54) is 0 Å². The molecule has 0 aliphatic heterocycles. The number of aromatic nitrogens is 1. The summed E-state index contributed by atoms with van der Waals surface area (Å²) in [5.74, 6) is 0. The number of hydrogen-bond acceptors (Lipinski definition) is 3. The second-order valence-corrected chi connectivity index (χ2v) is 6.92. The van der Waals surface area contributed by atoms with Crippen LogP contribution in [-0.2, 0) is 17.9 Å². The summed E-state index contributed by atoms with van der Waals surface area (Å²) >= 11 is 0. The van der Waals surface area contributed by atoms with Crippen molar-refractivity contribution in [3.05, 3.63) is 92.8 Å². The summed E-state index contributed by atoms with van der Waals surface area (Å²) in [6.45, 7) is 7.41. The number of nitriles is 1. The van der Waals surface area contributed by atoms with Crippen LogP contribution in [0.15, 0.2) is 59.4 Å². The van der Waals surface area contributed by atoms with Crippen LogP contribution in [0.5, 0.6) is 0 Å². The van der Waals surface area contributed by atoms with E-state index >= 15 is 0 Å². The van der Waals surface area contributed by atoms with Gasteiger partial charge in [-0.25, -0.2) is 0 Å². The molecule has 0 aliphatic rings. The zero-order valence-electron chi connectivity index (χ0n) is 16.5. The lowest BCUT2D eigenvalue weighted by molar-refractivity contribution is 0.134. The Kier molecular flexibility index (Phi) is 6.08. The number of aryl methyl sites for hydroxylation is 2. The highest BCUT2D eigenvalue weighted by Crippen LogP contribution is 2.23. The summed E-state index contributed by atoms with van der Waals surface area (Å²) in [5.41, 5.74) is 5.62. The van der Waals surface area contributed by atoms with Gasteiger partial charge >= 0.3 is 0 Å². The fraction of sp³-hybridized carbons (Fsp3) is 0.250. The van der Waals surface area contributed by atoms with Crippen molar-refractivity contribution in [2.75, 3.05) is 6.61 Å². The molecule has 0 atom stereocenters. The molecule has 0 spiro atoms. The first-order valence-electron chi connectivity index (χ1n) is 9.40. The molecule has 1 heterocycles. The van der Waals surface area contributed by atoms with E-state index in [1.54, 1.807) is 4.57 Å². The van der Waals surface area contributed by atoms with Crippen molar-refractivity contribution in [2.24, 2.45) is 0 Å². The molecule has 0 bridgehead atoms. The van der Waals surface area contributed by atoms with Crippen molar-refractivity contribution in [2.45, 2.75) is 33.9 Å². The van der Waals surface area contributed by atoms with Gasteiger partial charge in [-0.15, -0.1) is 0 Å². The van der Waals surface area contributed by atoms with Crippen molar-refractivity contribution in [1.29, 1.82) is 5.26 Å². The lowest BCUT2D eigenvalue weighted by atomic mass is 10.0. The summed E-state index contributed by atoms with van der Waals surface area (Å²) < 4.78 is 7.19. The fourth-order valence-corrected chi connectivity index (χ4v) is 3.33. The van der Waals surface area contributed by atoms with Crippen molar-refractivity contribution in [1.82, 2.24) is 4.57 Å². The van der Waals surface area contributed by atoms with Crippen molar-refractivity contribution >= 4 is 0 Å². The molecule has 3 aromatic rings. The molecule has 0 radical (unpaired) electrons. The van der Waals surface area contributed by atoms with Crippen LogP contribution in [0, 0.1) is 25.2 Å². The molecule has 0 N–H and O–H groups in total. The second kappa shape index (κ2) is 8.69. The Hall–Kier alpha value is -3.16. The van der Waals surface area contributed by atoms with Crippen LogP contribution >= 0.6 is 0 Å². The van der Waals surface area contributed by atoms with Gasteiger partial charge in [0.05, 0.1) is 18.8 Å². The Bertz CT molecular complexity index is 1090.